The molecular formula is C14H17ClN4. The van der Waals surface area contributed by atoms with Gasteiger partial charge < -0.3 is 10.2 Å². The molecule has 0 saturated carbocycles. The molecule has 0 amide bonds. The summed E-state index contributed by atoms with van der Waals surface area (Å²) in [5.74, 6) is 1.53. The van der Waals surface area contributed by atoms with Gasteiger partial charge in [-0.2, -0.15) is 4.98 Å². The average molecular weight is 277 g/mol. The van der Waals surface area contributed by atoms with Crippen molar-refractivity contribution < 1.29 is 0 Å². The van der Waals surface area contributed by atoms with Gasteiger partial charge in [0.25, 0.3) is 0 Å². The largest absolute Gasteiger partial charge is 0.357 e. The van der Waals surface area contributed by atoms with E-state index in [9.17, 15) is 0 Å². The Labute approximate surface area is 118 Å². The lowest BCUT2D eigenvalue weighted by molar-refractivity contribution is 0.888. The van der Waals surface area contributed by atoms with E-state index in [4.69, 9.17) is 11.6 Å². The van der Waals surface area contributed by atoms with E-state index in [0.29, 0.717) is 5.95 Å². The highest BCUT2D eigenvalue weighted by Gasteiger charge is 2.06. The van der Waals surface area contributed by atoms with Crippen LogP contribution >= 0.6 is 11.6 Å². The first-order valence-electron chi connectivity index (χ1n) is 6.07. The summed E-state index contributed by atoms with van der Waals surface area (Å²) in [7, 11) is 3.83. The maximum Gasteiger partial charge on any atom is 0.224 e. The number of aromatic nitrogens is 2. The van der Waals surface area contributed by atoms with Crippen LogP contribution in [0.1, 0.15) is 11.3 Å². The van der Waals surface area contributed by atoms with Crippen LogP contribution in [0.5, 0.6) is 0 Å². The molecule has 1 aromatic carbocycles. The first kappa shape index (κ1) is 13.6. The molecule has 0 spiro atoms. The Hall–Kier alpha value is -1.81. The van der Waals surface area contributed by atoms with E-state index in [1.807, 2.05) is 51.4 Å². The predicted octanol–water partition coefficient (Wildman–Crippen LogP) is 3.12. The van der Waals surface area contributed by atoms with Gasteiger partial charge in [0.05, 0.1) is 0 Å². The summed E-state index contributed by atoms with van der Waals surface area (Å²) in [6, 6.07) is 9.80. The molecule has 0 fully saturated rings. The number of rotatable bonds is 4. The number of hydrogen-bond acceptors (Lipinski definition) is 4. The van der Waals surface area contributed by atoms with Gasteiger partial charge in [-0.15, -0.1) is 0 Å². The third-order valence-corrected chi connectivity index (χ3v) is 3.04. The van der Waals surface area contributed by atoms with Gasteiger partial charge >= 0.3 is 0 Å². The minimum Gasteiger partial charge on any atom is -0.357 e. The van der Waals surface area contributed by atoms with Crippen LogP contribution in [0.15, 0.2) is 30.3 Å². The predicted molar refractivity (Wildman–Crippen MR) is 79.9 cm³/mol. The van der Waals surface area contributed by atoms with Crippen LogP contribution in [0.25, 0.3) is 0 Å². The molecule has 4 nitrogen and oxygen atoms in total. The Morgan fingerprint density at radius 3 is 2.53 bits per heavy atom. The lowest BCUT2D eigenvalue weighted by Crippen LogP contribution is -2.18. The van der Waals surface area contributed by atoms with Crippen LogP contribution < -0.4 is 10.2 Å². The smallest absolute Gasteiger partial charge is 0.224 e. The highest BCUT2D eigenvalue weighted by Crippen LogP contribution is 2.17. The molecule has 0 aliphatic heterocycles. The summed E-state index contributed by atoms with van der Waals surface area (Å²) in [5.41, 5.74) is 2.13. The third-order valence-electron chi connectivity index (χ3n) is 2.79. The molecule has 0 radical (unpaired) electrons. The zero-order chi connectivity index (χ0) is 13.8. The highest BCUT2D eigenvalue weighted by molar-refractivity contribution is 6.30. The fraction of sp³-hybridized carbons (Fsp3) is 0.286. The monoisotopic (exact) mass is 276 g/mol. The zero-order valence-corrected chi connectivity index (χ0v) is 12.1. The molecule has 0 bridgehead atoms. The first-order chi connectivity index (χ1) is 9.08. The molecule has 2 aromatic rings. The van der Waals surface area contributed by atoms with Crippen molar-refractivity contribution in [2.75, 3.05) is 24.3 Å². The molecular weight excluding hydrogens is 260 g/mol. The lowest BCUT2D eigenvalue weighted by atomic mass is 10.2. The van der Waals surface area contributed by atoms with E-state index >= 15 is 0 Å². The number of anilines is 2. The van der Waals surface area contributed by atoms with Crippen LogP contribution in [-0.2, 0) is 6.54 Å². The van der Waals surface area contributed by atoms with Crippen LogP contribution in [0.3, 0.4) is 0 Å². The van der Waals surface area contributed by atoms with Crippen LogP contribution in [0.4, 0.5) is 11.8 Å². The van der Waals surface area contributed by atoms with Crippen LogP contribution in [0, 0.1) is 6.92 Å². The normalized spacial score (nSPS) is 10.3. The molecule has 0 atom stereocenters. The van der Waals surface area contributed by atoms with E-state index in [1.165, 1.54) is 5.56 Å². The van der Waals surface area contributed by atoms with Gasteiger partial charge in [-0.25, -0.2) is 4.98 Å². The molecule has 0 unspecified atom stereocenters. The topological polar surface area (TPSA) is 41.1 Å². The summed E-state index contributed by atoms with van der Waals surface area (Å²) >= 11 is 5.88. The van der Waals surface area contributed by atoms with Gasteiger partial charge in [0.15, 0.2) is 0 Å². The number of aryl methyl sites for hydroxylation is 1. The molecule has 19 heavy (non-hydrogen) atoms. The van der Waals surface area contributed by atoms with Crippen molar-refractivity contribution in [3.05, 3.63) is 46.6 Å². The number of nitrogens with one attached hydrogen (secondary N) is 1. The summed E-state index contributed by atoms with van der Waals surface area (Å²) in [6.07, 6.45) is 0. The first-order valence-corrected chi connectivity index (χ1v) is 6.45. The van der Waals surface area contributed by atoms with Gasteiger partial charge in [-0.1, -0.05) is 23.7 Å². The van der Waals surface area contributed by atoms with Crippen LogP contribution in [-0.4, -0.2) is 24.1 Å². The quantitative estimate of drug-likeness (QED) is 0.932. The van der Waals surface area contributed by atoms with E-state index < -0.39 is 0 Å². The third kappa shape index (κ3) is 3.58. The number of benzene rings is 1. The molecule has 0 aliphatic carbocycles. The van der Waals surface area contributed by atoms with Crippen molar-refractivity contribution in [3.8, 4) is 0 Å². The van der Waals surface area contributed by atoms with Crippen molar-refractivity contribution in [2.45, 2.75) is 13.5 Å². The highest BCUT2D eigenvalue weighted by atomic mass is 35.5. The summed E-state index contributed by atoms with van der Waals surface area (Å²) in [5, 5.41) is 3.72. The average Bonchev–Trinajstić information content (AvgIpc) is 2.40. The van der Waals surface area contributed by atoms with Gasteiger partial charge in [-0.3, -0.25) is 0 Å². The second-order valence-electron chi connectivity index (χ2n) is 4.42. The van der Waals surface area contributed by atoms with Crippen molar-refractivity contribution >= 4 is 23.4 Å². The van der Waals surface area contributed by atoms with Gasteiger partial charge in [-0.05, 0) is 24.6 Å². The number of halogens is 1. The number of hydrogen-bond donors (Lipinski definition) is 1. The second kappa shape index (κ2) is 5.89. The van der Waals surface area contributed by atoms with E-state index in [-0.39, 0.29) is 0 Å². The van der Waals surface area contributed by atoms with E-state index in [2.05, 4.69) is 20.2 Å². The van der Waals surface area contributed by atoms with Gasteiger partial charge in [0.1, 0.15) is 5.82 Å². The molecule has 5 heteroatoms. The molecule has 1 heterocycles. The van der Waals surface area contributed by atoms with E-state index in [0.717, 1.165) is 23.1 Å². The minimum absolute atomic E-state index is 0.637. The summed E-state index contributed by atoms with van der Waals surface area (Å²) in [6.45, 7) is 2.74. The summed E-state index contributed by atoms with van der Waals surface area (Å²) in [4.78, 5) is 10.8. The Kier molecular flexibility index (Phi) is 4.22. The Morgan fingerprint density at radius 1 is 1.21 bits per heavy atom. The maximum atomic E-state index is 5.88. The standard InChI is InChI=1S/C14H17ClN4/c1-10-8-13(18-14(16-2)17-10)19(3)9-11-4-6-12(15)7-5-11/h4-8H,9H2,1-3H3,(H,16,17,18). The van der Waals surface area contributed by atoms with Crippen molar-refractivity contribution in [1.82, 2.24) is 9.97 Å². The SMILES string of the molecule is CNc1nc(C)cc(N(C)Cc2ccc(Cl)cc2)n1. The van der Waals surface area contributed by atoms with Crippen molar-refractivity contribution in [1.29, 1.82) is 0 Å². The molecule has 0 aliphatic rings. The fourth-order valence-electron chi connectivity index (χ4n) is 1.80. The zero-order valence-electron chi connectivity index (χ0n) is 11.3. The second-order valence-corrected chi connectivity index (χ2v) is 4.86. The minimum atomic E-state index is 0.637. The maximum absolute atomic E-state index is 5.88. The van der Waals surface area contributed by atoms with Gasteiger partial charge in [0.2, 0.25) is 5.95 Å². The lowest BCUT2D eigenvalue weighted by Gasteiger charge is -2.19. The van der Waals surface area contributed by atoms with Crippen molar-refractivity contribution in [2.24, 2.45) is 0 Å². The molecule has 2 rings (SSSR count). The molecule has 1 aromatic heterocycles. The molecule has 100 valence electrons. The summed E-state index contributed by atoms with van der Waals surface area (Å²) < 4.78 is 0. The Bertz CT molecular complexity index is 554. The van der Waals surface area contributed by atoms with Crippen molar-refractivity contribution in [3.63, 3.8) is 0 Å². The van der Waals surface area contributed by atoms with Crippen LogP contribution in [0.2, 0.25) is 5.02 Å². The fourth-order valence-corrected chi connectivity index (χ4v) is 1.93. The number of nitrogens with zero attached hydrogens (tertiary/aromatic N) is 3. The molecule has 0 saturated heterocycles. The Balaban J connectivity index is 2.17. The van der Waals surface area contributed by atoms with Gasteiger partial charge in [0, 0.05) is 37.4 Å². The van der Waals surface area contributed by atoms with E-state index in [1.54, 1.807) is 0 Å². The molecule has 1 N–H and O–H groups in total. The Morgan fingerprint density at radius 2 is 1.89 bits per heavy atom.